The van der Waals surface area contributed by atoms with Gasteiger partial charge in [-0.2, -0.15) is 0 Å². The lowest BCUT2D eigenvalue weighted by Crippen LogP contribution is -2.63. The Morgan fingerprint density at radius 1 is 1.07 bits per heavy atom. The molecule has 0 aromatic heterocycles. The molecule has 8 atom stereocenters. The largest absolute Gasteiger partial charge is 0.387 e. The standard InChI is InChI=1S/C19H38N2O7/c1-10-19(5,6)15(24)17(25-10)27-14-11(9-21-8-7-20)26-16(13(23)12(14)22)28-18(2,3)4/h10-17,21-24H,7-9,20H2,1-6H3. The molecular formula is C19H38N2O7. The molecule has 166 valence electrons. The quantitative estimate of drug-likeness (QED) is 0.348. The number of nitrogens with two attached hydrogens (primary N) is 1. The van der Waals surface area contributed by atoms with Gasteiger partial charge in [-0.3, -0.25) is 0 Å². The lowest BCUT2D eigenvalue weighted by Gasteiger charge is -2.45. The highest BCUT2D eigenvalue weighted by molar-refractivity contribution is 4.96. The first-order chi connectivity index (χ1) is 12.9. The van der Waals surface area contributed by atoms with Crippen molar-refractivity contribution in [3.63, 3.8) is 0 Å². The van der Waals surface area contributed by atoms with Gasteiger partial charge >= 0.3 is 0 Å². The van der Waals surface area contributed by atoms with Crippen LogP contribution in [0.25, 0.3) is 0 Å². The summed E-state index contributed by atoms with van der Waals surface area (Å²) in [5.74, 6) is 0. The van der Waals surface area contributed by atoms with Crippen molar-refractivity contribution in [3.8, 4) is 0 Å². The third-order valence-corrected chi connectivity index (χ3v) is 5.47. The highest BCUT2D eigenvalue weighted by Gasteiger charge is 2.53. The fourth-order valence-corrected chi connectivity index (χ4v) is 3.33. The van der Waals surface area contributed by atoms with E-state index in [4.69, 9.17) is 24.7 Å². The molecule has 2 heterocycles. The minimum absolute atomic E-state index is 0.232. The number of ether oxygens (including phenoxy) is 4. The third kappa shape index (κ3) is 5.41. The summed E-state index contributed by atoms with van der Waals surface area (Å²) < 4.78 is 23.4. The van der Waals surface area contributed by atoms with Crippen molar-refractivity contribution < 1.29 is 34.3 Å². The Kier molecular flexibility index (Phi) is 7.85. The predicted molar refractivity (Wildman–Crippen MR) is 102 cm³/mol. The molecule has 2 fully saturated rings. The zero-order valence-electron chi connectivity index (χ0n) is 17.8. The maximum Gasteiger partial charge on any atom is 0.187 e. The van der Waals surface area contributed by atoms with E-state index in [1.165, 1.54) is 0 Å². The molecular weight excluding hydrogens is 368 g/mol. The topological polar surface area (TPSA) is 136 Å². The van der Waals surface area contributed by atoms with Gasteiger partial charge in [0.05, 0.1) is 11.7 Å². The molecule has 6 N–H and O–H groups in total. The Morgan fingerprint density at radius 2 is 1.71 bits per heavy atom. The fraction of sp³-hybridized carbons (Fsp3) is 1.00. The predicted octanol–water partition coefficient (Wildman–Crippen LogP) is -0.686. The number of hydrogen-bond acceptors (Lipinski definition) is 9. The molecule has 0 aromatic carbocycles. The second kappa shape index (κ2) is 9.20. The van der Waals surface area contributed by atoms with Gasteiger partial charge < -0.3 is 45.3 Å². The molecule has 0 amide bonds. The lowest BCUT2D eigenvalue weighted by molar-refractivity contribution is -0.338. The fourth-order valence-electron chi connectivity index (χ4n) is 3.33. The van der Waals surface area contributed by atoms with Crippen LogP contribution >= 0.6 is 0 Å². The van der Waals surface area contributed by atoms with Crippen molar-refractivity contribution in [2.75, 3.05) is 19.6 Å². The average Bonchev–Trinajstić information content (AvgIpc) is 2.77. The molecule has 0 aliphatic carbocycles. The second-order valence-corrected chi connectivity index (χ2v) is 9.26. The van der Waals surface area contributed by atoms with Crippen LogP contribution < -0.4 is 11.1 Å². The van der Waals surface area contributed by atoms with E-state index in [-0.39, 0.29) is 6.10 Å². The molecule has 9 heteroatoms. The van der Waals surface area contributed by atoms with E-state index in [1.807, 2.05) is 41.5 Å². The smallest absolute Gasteiger partial charge is 0.187 e. The van der Waals surface area contributed by atoms with Gasteiger partial charge in [-0.05, 0) is 27.7 Å². The van der Waals surface area contributed by atoms with Gasteiger partial charge in [0, 0.05) is 25.0 Å². The first-order valence-electron chi connectivity index (χ1n) is 9.97. The van der Waals surface area contributed by atoms with E-state index >= 15 is 0 Å². The molecule has 2 rings (SSSR count). The summed E-state index contributed by atoms with van der Waals surface area (Å²) in [5, 5.41) is 35.0. The van der Waals surface area contributed by atoms with Crippen LogP contribution in [-0.4, -0.2) is 89.8 Å². The molecule has 8 unspecified atom stereocenters. The molecule has 0 bridgehead atoms. The number of aliphatic hydroxyl groups excluding tert-OH is 3. The van der Waals surface area contributed by atoms with Crippen molar-refractivity contribution in [2.24, 2.45) is 11.1 Å². The van der Waals surface area contributed by atoms with Crippen LogP contribution in [0.1, 0.15) is 41.5 Å². The van der Waals surface area contributed by atoms with E-state index in [2.05, 4.69) is 5.32 Å². The molecule has 28 heavy (non-hydrogen) atoms. The number of hydrogen-bond donors (Lipinski definition) is 5. The Morgan fingerprint density at radius 3 is 2.21 bits per heavy atom. The van der Waals surface area contributed by atoms with Crippen LogP contribution in [0, 0.1) is 5.41 Å². The molecule has 2 aliphatic heterocycles. The van der Waals surface area contributed by atoms with Gasteiger partial charge in [0.25, 0.3) is 0 Å². The molecule has 2 saturated heterocycles. The molecule has 0 spiro atoms. The van der Waals surface area contributed by atoms with Gasteiger partial charge in [0.2, 0.25) is 0 Å². The van der Waals surface area contributed by atoms with Crippen LogP contribution in [0.4, 0.5) is 0 Å². The highest BCUT2D eigenvalue weighted by atomic mass is 16.7. The van der Waals surface area contributed by atoms with Gasteiger partial charge in [-0.25, -0.2) is 0 Å². The summed E-state index contributed by atoms with van der Waals surface area (Å²) in [4.78, 5) is 0. The van der Waals surface area contributed by atoms with Crippen LogP contribution in [0.2, 0.25) is 0 Å². The maximum absolute atomic E-state index is 10.7. The SMILES string of the molecule is CC1OC(OC2C(CNCCN)OC(OC(C)(C)C)C(O)C2O)C(O)C1(C)C. The molecule has 2 aliphatic rings. The third-order valence-electron chi connectivity index (χ3n) is 5.47. The number of rotatable bonds is 7. The number of aliphatic hydroxyl groups is 3. The molecule has 0 radical (unpaired) electrons. The van der Waals surface area contributed by atoms with E-state index in [0.717, 1.165) is 0 Å². The second-order valence-electron chi connectivity index (χ2n) is 9.26. The first kappa shape index (κ1) is 23.9. The summed E-state index contributed by atoms with van der Waals surface area (Å²) >= 11 is 0. The Balaban J connectivity index is 2.15. The molecule has 0 saturated carbocycles. The Labute approximate surface area is 167 Å². The maximum atomic E-state index is 10.7. The van der Waals surface area contributed by atoms with Crippen molar-refractivity contribution in [2.45, 2.75) is 96.3 Å². The first-order valence-corrected chi connectivity index (χ1v) is 9.97. The minimum Gasteiger partial charge on any atom is -0.387 e. The van der Waals surface area contributed by atoms with Crippen LogP contribution in [-0.2, 0) is 18.9 Å². The summed E-state index contributed by atoms with van der Waals surface area (Å²) in [7, 11) is 0. The summed E-state index contributed by atoms with van der Waals surface area (Å²) in [5.41, 5.74) is 4.46. The van der Waals surface area contributed by atoms with Gasteiger partial charge in [-0.1, -0.05) is 13.8 Å². The Bertz CT molecular complexity index is 499. The van der Waals surface area contributed by atoms with Gasteiger partial charge in [0.1, 0.15) is 30.5 Å². The van der Waals surface area contributed by atoms with E-state index in [9.17, 15) is 15.3 Å². The van der Waals surface area contributed by atoms with Gasteiger partial charge in [-0.15, -0.1) is 0 Å². The Hall–Kier alpha value is -0.360. The van der Waals surface area contributed by atoms with E-state index in [1.54, 1.807) is 0 Å². The normalized spacial score (nSPS) is 41.4. The van der Waals surface area contributed by atoms with Crippen molar-refractivity contribution in [1.82, 2.24) is 5.32 Å². The zero-order chi connectivity index (χ0) is 21.3. The van der Waals surface area contributed by atoms with Gasteiger partial charge in [0.15, 0.2) is 12.6 Å². The number of nitrogens with one attached hydrogen (secondary N) is 1. The van der Waals surface area contributed by atoms with Crippen molar-refractivity contribution >= 4 is 0 Å². The van der Waals surface area contributed by atoms with Crippen LogP contribution in [0.3, 0.4) is 0 Å². The van der Waals surface area contributed by atoms with Crippen molar-refractivity contribution in [3.05, 3.63) is 0 Å². The average molecular weight is 407 g/mol. The monoisotopic (exact) mass is 406 g/mol. The lowest BCUT2D eigenvalue weighted by atomic mass is 9.84. The summed E-state index contributed by atoms with van der Waals surface area (Å²) in [6, 6.07) is 0. The summed E-state index contributed by atoms with van der Waals surface area (Å²) in [6.45, 7) is 12.5. The highest BCUT2D eigenvalue weighted by Crippen LogP contribution is 2.40. The molecule has 0 aromatic rings. The zero-order valence-corrected chi connectivity index (χ0v) is 17.8. The minimum atomic E-state index is -1.31. The van der Waals surface area contributed by atoms with Crippen LogP contribution in [0.5, 0.6) is 0 Å². The summed E-state index contributed by atoms with van der Waals surface area (Å²) in [6.07, 6.45) is -7.19. The van der Waals surface area contributed by atoms with E-state index < -0.39 is 54.1 Å². The van der Waals surface area contributed by atoms with E-state index in [0.29, 0.717) is 19.6 Å². The molecule has 9 nitrogen and oxygen atoms in total. The van der Waals surface area contributed by atoms with Crippen molar-refractivity contribution in [1.29, 1.82) is 0 Å². The van der Waals surface area contributed by atoms with Crippen LogP contribution in [0.15, 0.2) is 0 Å².